The molecular weight excluding hydrogens is 200 g/mol. The Morgan fingerprint density at radius 1 is 1.38 bits per heavy atom. The van der Waals surface area contributed by atoms with Crippen LogP contribution in [0.1, 0.15) is 34.1 Å². The first-order valence-corrected chi connectivity index (χ1v) is 5.75. The molecule has 2 atom stereocenters. The highest BCUT2D eigenvalue weighted by molar-refractivity contribution is 5.58. The molecule has 3 nitrogen and oxygen atoms in total. The van der Waals surface area contributed by atoms with Crippen LogP contribution in [0.2, 0.25) is 0 Å². The number of hydrogen-bond donors (Lipinski definition) is 0. The number of methoxy groups -OCH3 is 1. The molecular formula is C13H24N2O. The van der Waals surface area contributed by atoms with E-state index in [4.69, 9.17) is 4.74 Å². The van der Waals surface area contributed by atoms with Crippen molar-refractivity contribution in [2.24, 2.45) is 15.9 Å². The van der Waals surface area contributed by atoms with Gasteiger partial charge in [0.15, 0.2) is 0 Å². The maximum absolute atomic E-state index is 4.93. The largest absolute Gasteiger partial charge is 0.379 e. The van der Waals surface area contributed by atoms with Crippen molar-refractivity contribution in [1.29, 1.82) is 0 Å². The second-order valence-electron chi connectivity index (χ2n) is 4.09. The molecule has 0 aliphatic heterocycles. The summed E-state index contributed by atoms with van der Waals surface area (Å²) in [5.41, 5.74) is 1.29. The molecule has 0 heterocycles. The Morgan fingerprint density at radius 2 is 2.06 bits per heavy atom. The molecule has 0 radical (unpaired) electrons. The van der Waals surface area contributed by atoms with E-state index >= 15 is 0 Å². The second kappa shape index (κ2) is 9.28. The summed E-state index contributed by atoms with van der Waals surface area (Å²) in [5, 5.41) is 0. The van der Waals surface area contributed by atoms with E-state index in [2.05, 4.69) is 30.8 Å². The number of hydrogen-bond acceptors (Lipinski definition) is 3. The zero-order valence-electron chi connectivity index (χ0n) is 11.1. The Balaban J connectivity index is 4.08. The zero-order valence-corrected chi connectivity index (χ0v) is 11.1. The Kier molecular flexibility index (Phi) is 8.72. The first-order valence-electron chi connectivity index (χ1n) is 5.75. The number of rotatable bonds is 7. The van der Waals surface area contributed by atoms with Crippen molar-refractivity contribution in [1.82, 2.24) is 0 Å². The summed E-state index contributed by atoms with van der Waals surface area (Å²) in [6.07, 6.45) is 6.59. The fourth-order valence-electron chi connectivity index (χ4n) is 1.36. The Bertz CT molecular complexity index is 257. The lowest BCUT2D eigenvalue weighted by atomic mass is 9.96. The summed E-state index contributed by atoms with van der Waals surface area (Å²) in [7, 11) is 1.68. The molecule has 0 aromatic heterocycles. The van der Waals surface area contributed by atoms with Crippen molar-refractivity contribution in [2.75, 3.05) is 13.7 Å². The fraction of sp³-hybridized carbons (Fsp3) is 0.692. The van der Waals surface area contributed by atoms with Crippen molar-refractivity contribution in [3.63, 3.8) is 0 Å². The van der Waals surface area contributed by atoms with E-state index in [0.717, 1.165) is 6.42 Å². The van der Waals surface area contributed by atoms with Gasteiger partial charge in [0.05, 0.1) is 6.61 Å². The third-order valence-corrected chi connectivity index (χ3v) is 2.49. The SMILES string of the molecule is CC=NC=C(C)CC(C)C(C)N=CCOC. The van der Waals surface area contributed by atoms with Crippen molar-refractivity contribution in [3.05, 3.63) is 11.8 Å². The molecule has 0 aliphatic carbocycles. The highest BCUT2D eigenvalue weighted by Crippen LogP contribution is 2.16. The van der Waals surface area contributed by atoms with Crippen LogP contribution < -0.4 is 0 Å². The lowest BCUT2D eigenvalue weighted by Gasteiger charge is -2.15. The van der Waals surface area contributed by atoms with Crippen LogP contribution in [0.5, 0.6) is 0 Å². The Morgan fingerprint density at radius 3 is 2.62 bits per heavy atom. The molecule has 0 aromatic carbocycles. The van der Waals surface area contributed by atoms with Crippen LogP contribution in [0, 0.1) is 5.92 Å². The maximum Gasteiger partial charge on any atom is 0.0810 e. The predicted molar refractivity (Wildman–Crippen MR) is 71.5 cm³/mol. The van der Waals surface area contributed by atoms with Gasteiger partial charge in [0, 0.05) is 31.8 Å². The minimum Gasteiger partial charge on any atom is -0.379 e. The van der Waals surface area contributed by atoms with Gasteiger partial charge in [-0.3, -0.25) is 9.98 Å². The average Bonchev–Trinajstić information content (AvgIpc) is 2.26. The summed E-state index contributed by atoms with van der Waals surface area (Å²) in [5.74, 6) is 0.524. The van der Waals surface area contributed by atoms with Gasteiger partial charge in [-0.15, -0.1) is 0 Å². The van der Waals surface area contributed by atoms with Gasteiger partial charge in [0.25, 0.3) is 0 Å². The lowest BCUT2D eigenvalue weighted by molar-refractivity contribution is 0.247. The van der Waals surface area contributed by atoms with Crippen molar-refractivity contribution >= 4 is 12.4 Å². The van der Waals surface area contributed by atoms with Crippen LogP contribution in [0.3, 0.4) is 0 Å². The monoisotopic (exact) mass is 224 g/mol. The smallest absolute Gasteiger partial charge is 0.0810 e. The van der Waals surface area contributed by atoms with E-state index in [9.17, 15) is 0 Å². The molecule has 0 N–H and O–H groups in total. The molecule has 16 heavy (non-hydrogen) atoms. The van der Waals surface area contributed by atoms with Gasteiger partial charge in [0.1, 0.15) is 0 Å². The van der Waals surface area contributed by atoms with Gasteiger partial charge in [-0.1, -0.05) is 12.5 Å². The molecule has 0 bridgehead atoms. The lowest BCUT2D eigenvalue weighted by Crippen LogP contribution is -2.12. The fourth-order valence-corrected chi connectivity index (χ4v) is 1.36. The van der Waals surface area contributed by atoms with Crippen LogP contribution >= 0.6 is 0 Å². The van der Waals surface area contributed by atoms with Gasteiger partial charge < -0.3 is 4.74 Å². The summed E-state index contributed by atoms with van der Waals surface area (Å²) < 4.78 is 4.93. The molecule has 0 amide bonds. The molecule has 0 aromatic rings. The van der Waals surface area contributed by atoms with E-state index in [-0.39, 0.29) is 0 Å². The van der Waals surface area contributed by atoms with E-state index in [0.29, 0.717) is 18.6 Å². The van der Waals surface area contributed by atoms with Crippen LogP contribution in [0.25, 0.3) is 0 Å². The normalized spacial score (nSPS) is 17.2. The first-order chi connectivity index (χ1) is 7.61. The third kappa shape index (κ3) is 7.35. The van der Waals surface area contributed by atoms with Crippen molar-refractivity contribution in [2.45, 2.75) is 40.2 Å². The molecule has 2 unspecified atom stereocenters. The number of nitrogens with zero attached hydrogens (tertiary/aromatic N) is 2. The summed E-state index contributed by atoms with van der Waals surface area (Å²) in [4.78, 5) is 8.55. The molecule has 0 rings (SSSR count). The molecule has 0 saturated carbocycles. The Labute approximate surface area is 99.3 Å². The molecule has 0 saturated heterocycles. The van der Waals surface area contributed by atoms with Gasteiger partial charge in [-0.25, -0.2) is 0 Å². The average molecular weight is 224 g/mol. The van der Waals surface area contributed by atoms with Gasteiger partial charge in [-0.2, -0.15) is 0 Å². The molecule has 3 heteroatoms. The van der Waals surface area contributed by atoms with E-state index in [1.54, 1.807) is 13.3 Å². The Hall–Kier alpha value is -0.960. The molecule has 0 spiro atoms. The highest BCUT2D eigenvalue weighted by Gasteiger charge is 2.10. The topological polar surface area (TPSA) is 34.0 Å². The van der Waals surface area contributed by atoms with Crippen LogP contribution in [-0.4, -0.2) is 32.2 Å². The zero-order chi connectivity index (χ0) is 12.4. The highest BCUT2D eigenvalue weighted by atomic mass is 16.5. The number of ether oxygens (including phenoxy) is 1. The minimum atomic E-state index is 0.323. The summed E-state index contributed by atoms with van der Waals surface area (Å²) >= 11 is 0. The van der Waals surface area contributed by atoms with E-state index < -0.39 is 0 Å². The number of allylic oxidation sites excluding steroid dienone is 1. The quantitative estimate of drug-likeness (QED) is 0.612. The van der Waals surface area contributed by atoms with Crippen LogP contribution in [0.15, 0.2) is 21.8 Å². The summed E-state index contributed by atoms with van der Waals surface area (Å²) in [6.45, 7) is 8.96. The molecule has 0 aliphatic rings. The van der Waals surface area contributed by atoms with E-state index in [1.807, 2.05) is 19.3 Å². The van der Waals surface area contributed by atoms with Gasteiger partial charge in [-0.05, 0) is 33.1 Å². The molecule has 0 fully saturated rings. The van der Waals surface area contributed by atoms with Crippen molar-refractivity contribution < 1.29 is 4.74 Å². The first kappa shape index (κ1) is 15.0. The second-order valence-corrected chi connectivity index (χ2v) is 4.09. The summed E-state index contributed by atoms with van der Waals surface area (Å²) in [6, 6.07) is 0.323. The predicted octanol–water partition coefficient (Wildman–Crippen LogP) is 3.11. The van der Waals surface area contributed by atoms with Gasteiger partial charge in [0.2, 0.25) is 0 Å². The van der Waals surface area contributed by atoms with E-state index in [1.165, 1.54) is 5.57 Å². The van der Waals surface area contributed by atoms with Crippen LogP contribution in [-0.2, 0) is 4.74 Å². The van der Waals surface area contributed by atoms with Crippen molar-refractivity contribution in [3.8, 4) is 0 Å². The minimum absolute atomic E-state index is 0.323. The molecule has 92 valence electrons. The third-order valence-electron chi connectivity index (χ3n) is 2.49. The van der Waals surface area contributed by atoms with Crippen LogP contribution in [0.4, 0.5) is 0 Å². The standard InChI is InChI=1S/C13H24N2O/c1-6-14-10-11(2)9-12(3)13(4)15-7-8-16-5/h6-7,10,12-13H,8-9H2,1-5H3. The number of aliphatic imine (C=N–C) groups is 2. The maximum atomic E-state index is 4.93. The van der Waals surface area contributed by atoms with Gasteiger partial charge >= 0.3 is 0 Å².